The first kappa shape index (κ1) is 9.01. The van der Waals surface area contributed by atoms with E-state index in [1.165, 1.54) is 26.1 Å². The molecule has 0 saturated carbocycles. The van der Waals surface area contributed by atoms with Crippen LogP contribution in [0.3, 0.4) is 0 Å². The van der Waals surface area contributed by atoms with Gasteiger partial charge in [0.2, 0.25) is 0 Å². The standard InChI is InChI=1S/C9H20N2/c1-8-6-11(7-8)5-4-9(2)10-3/h8-10H,4-7H2,1-3H3. The van der Waals surface area contributed by atoms with Crippen molar-refractivity contribution in [2.24, 2.45) is 5.92 Å². The molecule has 1 unspecified atom stereocenters. The molecule has 2 heteroatoms. The number of hydrogen-bond acceptors (Lipinski definition) is 2. The topological polar surface area (TPSA) is 15.3 Å². The van der Waals surface area contributed by atoms with Gasteiger partial charge in [-0.3, -0.25) is 0 Å². The predicted molar refractivity (Wildman–Crippen MR) is 48.7 cm³/mol. The van der Waals surface area contributed by atoms with Crippen molar-refractivity contribution < 1.29 is 0 Å². The summed E-state index contributed by atoms with van der Waals surface area (Å²) in [5.41, 5.74) is 0. The Morgan fingerprint density at radius 1 is 1.55 bits per heavy atom. The molecule has 1 aliphatic rings. The third kappa shape index (κ3) is 2.80. The quantitative estimate of drug-likeness (QED) is 0.651. The van der Waals surface area contributed by atoms with Crippen molar-refractivity contribution in [3.63, 3.8) is 0 Å². The van der Waals surface area contributed by atoms with E-state index >= 15 is 0 Å². The van der Waals surface area contributed by atoms with Crippen LogP contribution in [0.1, 0.15) is 20.3 Å². The lowest BCUT2D eigenvalue weighted by Gasteiger charge is -2.37. The van der Waals surface area contributed by atoms with Gasteiger partial charge in [0.05, 0.1) is 0 Å². The van der Waals surface area contributed by atoms with Crippen LogP contribution in [0.4, 0.5) is 0 Å². The first-order valence-corrected chi connectivity index (χ1v) is 4.62. The number of rotatable bonds is 4. The molecule has 1 N–H and O–H groups in total. The average molecular weight is 156 g/mol. The molecule has 0 aromatic rings. The Labute approximate surface area is 70.0 Å². The van der Waals surface area contributed by atoms with Crippen molar-refractivity contribution in [3.05, 3.63) is 0 Å². The molecular formula is C9H20N2. The molecule has 0 amide bonds. The maximum atomic E-state index is 3.25. The van der Waals surface area contributed by atoms with Crippen LogP contribution in [0.15, 0.2) is 0 Å². The fourth-order valence-electron chi connectivity index (χ4n) is 1.53. The minimum atomic E-state index is 0.672. The molecular weight excluding hydrogens is 136 g/mol. The zero-order valence-electron chi connectivity index (χ0n) is 7.93. The van der Waals surface area contributed by atoms with Gasteiger partial charge < -0.3 is 10.2 Å². The van der Waals surface area contributed by atoms with Crippen LogP contribution < -0.4 is 5.32 Å². The van der Waals surface area contributed by atoms with Gasteiger partial charge in [-0.1, -0.05) is 6.92 Å². The zero-order chi connectivity index (χ0) is 8.27. The summed E-state index contributed by atoms with van der Waals surface area (Å²) in [5.74, 6) is 0.944. The summed E-state index contributed by atoms with van der Waals surface area (Å²) in [7, 11) is 2.03. The SMILES string of the molecule is CNC(C)CCN1CC(C)C1. The predicted octanol–water partition coefficient (Wildman–Crippen LogP) is 0.936. The zero-order valence-corrected chi connectivity index (χ0v) is 7.93. The van der Waals surface area contributed by atoms with E-state index in [1.807, 2.05) is 7.05 Å². The Morgan fingerprint density at radius 2 is 2.18 bits per heavy atom. The molecule has 1 aliphatic heterocycles. The second kappa shape index (κ2) is 4.07. The Hall–Kier alpha value is -0.0800. The second-order valence-corrected chi connectivity index (χ2v) is 3.84. The van der Waals surface area contributed by atoms with E-state index < -0.39 is 0 Å². The minimum absolute atomic E-state index is 0.672. The number of hydrogen-bond donors (Lipinski definition) is 1. The summed E-state index contributed by atoms with van der Waals surface area (Å²) in [6, 6.07) is 0.672. The van der Waals surface area contributed by atoms with Crippen LogP contribution in [0, 0.1) is 5.92 Å². The highest BCUT2D eigenvalue weighted by Crippen LogP contribution is 2.14. The van der Waals surface area contributed by atoms with Gasteiger partial charge in [-0.15, -0.1) is 0 Å². The van der Waals surface area contributed by atoms with E-state index in [2.05, 4.69) is 24.1 Å². The molecule has 0 radical (unpaired) electrons. The fourth-order valence-corrected chi connectivity index (χ4v) is 1.53. The Bertz CT molecular complexity index is 108. The van der Waals surface area contributed by atoms with Gasteiger partial charge >= 0.3 is 0 Å². The van der Waals surface area contributed by atoms with E-state index in [-0.39, 0.29) is 0 Å². The maximum Gasteiger partial charge on any atom is 0.00479 e. The number of nitrogens with zero attached hydrogens (tertiary/aromatic N) is 1. The van der Waals surface area contributed by atoms with E-state index in [0.29, 0.717) is 6.04 Å². The molecule has 1 atom stereocenters. The number of likely N-dealkylation sites (tertiary alicyclic amines) is 1. The van der Waals surface area contributed by atoms with E-state index in [9.17, 15) is 0 Å². The molecule has 66 valence electrons. The summed E-state index contributed by atoms with van der Waals surface area (Å²) < 4.78 is 0. The molecule has 1 fully saturated rings. The lowest BCUT2D eigenvalue weighted by Crippen LogP contribution is -2.46. The molecule has 0 aromatic carbocycles. The monoisotopic (exact) mass is 156 g/mol. The van der Waals surface area contributed by atoms with Crippen LogP contribution in [0.25, 0.3) is 0 Å². The van der Waals surface area contributed by atoms with Crippen LogP contribution in [0.2, 0.25) is 0 Å². The highest BCUT2D eigenvalue weighted by Gasteiger charge is 2.21. The first-order chi connectivity index (χ1) is 5.22. The molecule has 0 spiro atoms. The van der Waals surface area contributed by atoms with Crippen molar-refractivity contribution in [1.29, 1.82) is 0 Å². The van der Waals surface area contributed by atoms with E-state index in [4.69, 9.17) is 0 Å². The molecule has 1 saturated heterocycles. The first-order valence-electron chi connectivity index (χ1n) is 4.62. The molecule has 1 rings (SSSR count). The van der Waals surface area contributed by atoms with Gasteiger partial charge in [0.25, 0.3) is 0 Å². The lowest BCUT2D eigenvalue weighted by atomic mass is 10.0. The van der Waals surface area contributed by atoms with E-state index in [1.54, 1.807) is 0 Å². The van der Waals surface area contributed by atoms with Gasteiger partial charge in [0.1, 0.15) is 0 Å². The average Bonchev–Trinajstić information content (AvgIpc) is 1.95. The normalized spacial score (nSPS) is 23.2. The highest BCUT2D eigenvalue weighted by atomic mass is 15.2. The van der Waals surface area contributed by atoms with Gasteiger partial charge in [0, 0.05) is 19.1 Å². The van der Waals surface area contributed by atoms with Gasteiger partial charge in [0.15, 0.2) is 0 Å². The molecule has 1 heterocycles. The third-order valence-electron chi connectivity index (χ3n) is 2.51. The Kier molecular flexibility index (Phi) is 3.34. The fraction of sp³-hybridized carbons (Fsp3) is 1.00. The van der Waals surface area contributed by atoms with E-state index in [0.717, 1.165) is 5.92 Å². The third-order valence-corrected chi connectivity index (χ3v) is 2.51. The van der Waals surface area contributed by atoms with Gasteiger partial charge in [-0.25, -0.2) is 0 Å². The van der Waals surface area contributed by atoms with Crippen molar-refractivity contribution in [2.75, 3.05) is 26.7 Å². The van der Waals surface area contributed by atoms with Crippen molar-refractivity contribution in [3.8, 4) is 0 Å². The van der Waals surface area contributed by atoms with Crippen molar-refractivity contribution in [1.82, 2.24) is 10.2 Å². The van der Waals surface area contributed by atoms with Crippen molar-refractivity contribution >= 4 is 0 Å². The lowest BCUT2D eigenvalue weighted by molar-refractivity contribution is 0.108. The second-order valence-electron chi connectivity index (χ2n) is 3.84. The van der Waals surface area contributed by atoms with Crippen LogP contribution in [0.5, 0.6) is 0 Å². The van der Waals surface area contributed by atoms with Gasteiger partial charge in [-0.05, 0) is 32.9 Å². The smallest absolute Gasteiger partial charge is 0.00479 e. The summed E-state index contributed by atoms with van der Waals surface area (Å²) >= 11 is 0. The minimum Gasteiger partial charge on any atom is -0.317 e. The molecule has 0 aliphatic carbocycles. The van der Waals surface area contributed by atoms with Crippen molar-refractivity contribution in [2.45, 2.75) is 26.3 Å². The molecule has 0 bridgehead atoms. The summed E-state index contributed by atoms with van der Waals surface area (Å²) in [6.45, 7) is 8.46. The molecule has 2 nitrogen and oxygen atoms in total. The van der Waals surface area contributed by atoms with Gasteiger partial charge in [-0.2, -0.15) is 0 Å². The van der Waals surface area contributed by atoms with Crippen LogP contribution in [-0.4, -0.2) is 37.6 Å². The van der Waals surface area contributed by atoms with Crippen LogP contribution in [-0.2, 0) is 0 Å². The largest absolute Gasteiger partial charge is 0.317 e. The summed E-state index contributed by atoms with van der Waals surface area (Å²) in [4.78, 5) is 2.53. The molecule has 11 heavy (non-hydrogen) atoms. The summed E-state index contributed by atoms with van der Waals surface area (Å²) in [5, 5.41) is 3.25. The Morgan fingerprint density at radius 3 is 2.64 bits per heavy atom. The Balaban J connectivity index is 1.96. The van der Waals surface area contributed by atoms with Crippen LogP contribution >= 0.6 is 0 Å². The summed E-state index contributed by atoms with van der Waals surface area (Å²) in [6.07, 6.45) is 1.28. The number of nitrogens with one attached hydrogen (secondary N) is 1. The highest BCUT2D eigenvalue weighted by molar-refractivity contribution is 4.76. The maximum absolute atomic E-state index is 3.25. The molecule has 0 aromatic heterocycles.